The zero-order valence-corrected chi connectivity index (χ0v) is 28.4. The van der Waals surface area contributed by atoms with Crippen molar-refractivity contribution in [1.29, 1.82) is 0 Å². The second kappa shape index (κ2) is 21.3. The van der Waals surface area contributed by atoms with Gasteiger partial charge in [0.1, 0.15) is 30.2 Å². The number of carbonyl (C=O) groups excluding carboxylic acids is 5. The van der Waals surface area contributed by atoms with Gasteiger partial charge in [-0.1, -0.05) is 13.8 Å². The number of nitrogens with two attached hydrogens (primary N) is 5. The molecular formula is C29H54N12O8. The van der Waals surface area contributed by atoms with Gasteiger partial charge in [-0.25, -0.2) is 4.79 Å². The Labute approximate surface area is 285 Å². The molecule has 0 radical (unpaired) electrons. The molecule has 0 aromatic heterocycles. The summed E-state index contributed by atoms with van der Waals surface area (Å²) in [5, 5.41) is 29.3. The lowest BCUT2D eigenvalue weighted by molar-refractivity contribution is -0.150. The minimum absolute atomic E-state index is 0.0213. The molecule has 0 bridgehead atoms. The third kappa shape index (κ3) is 15.4. The van der Waals surface area contributed by atoms with Gasteiger partial charge in [-0.3, -0.25) is 34.0 Å². The predicted molar refractivity (Wildman–Crippen MR) is 180 cm³/mol. The molecule has 49 heavy (non-hydrogen) atoms. The largest absolute Gasteiger partial charge is 0.480 e. The number of aliphatic hydroxyl groups excluding tert-OH is 1. The van der Waals surface area contributed by atoms with Crippen molar-refractivity contribution in [2.75, 3.05) is 26.2 Å². The summed E-state index contributed by atoms with van der Waals surface area (Å²) >= 11 is 0. The molecule has 0 aliphatic carbocycles. The maximum absolute atomic E-state index is 13.5. The molecule has 20 heteroatoms. The van der Waals surface area contributed by atoms with E-state index in [1.807, 2.05) is 13.8 Å². The van der Waals surface area contributed by atoms with E-state index in [0.29, 0.717) is 19.3 Å². The first-order chi connectivity index (χ1) is 23.0. The van der Waals surface area contributed by atoms with Crippen LogP contribution >= 0.6 is 0 Å². The van der Waals surface area contributed by atoms with Crippen LogP contribution in [-0.2, 0) is 28.8 Å². The molecule has 0 saturated carbocycles. The highest BCUT2D eigenvalue weighted by atomic mass is 16.4. The van der Waals surface area contributed by atoms with Crippen LogP contribution in [0.15, 0.2) is 9.98 Å². The molecule has 1 rings (SSSR count). The molecule has 20 nitrogen and oxygen atoms in total. The van der Waals surface area contributed by atoms with Crippen LogP contribution in [0.5, 0.6) is 0 Å². The van der Waals surface area contributed by atoms with E-state index in [4.69, 9.17) is 28.7 Å². The van der Waals surface area contributed by atoms with Gasteiger partial charge in [-0.2, -0.15) is 0 Å². The van der Waals surface area contributed by atoms with Gasteiger partial charge >= 0.3 is 5.97 Å². The number of carbonyl (C=O) groups is 6. The Balaban J connectivity index is 3.09. The van der Waals surface area contributed by atoms with Crippen molar-refractivity contribution in [3.8, 4) is 0 Å². The maximum atomic E-state index is 13.5. The maximum Gasteiger partial charge on any atom is 0.326 e. The van der Waals surface area contributed by atoms with E-state index >= 15 is 0 Å². The lowest BCUT2D eigenvalue weighted by Crippen LogP contribution is -2.59. The van der Waals surface area contributed by atoms with E-state index in [9.17, 15) is 39.0 Å². The Morgan fingerprint density at radius 2 is 1.27 bits per heavy atom. The average molecular weight is 699 g/mol. The number of nitrogens with zero attached hydrogens (tertiary/aromatic N) is 3. The zero-order valence-electron chi connectivity index (χ0n) is 28.4. The molecule has 1 heterocycles. The highest BCUT2D eigenvalue weighted by Crippen LogP contribution is 2.18. The number of likely N-dealkylation sites (tertiary alicyclic amines) is 1. The molecule has 0 unspecified atom stereocenters. The quantitative estimate of drug-likeness (QED) is 0.0306. The molecule has 0 aromatic rings. The number of carboxylic acids is 1. The number of carboxylic acid groups (broad SMARTS) is 1. The van der Waals surface area contributed by atoms with E-state index in [0.717, 1.165) is 4.90 Å². The minimum atomic E-state index is -1.45. The molecule has 0 aromatic carbocycles. The first-order valence-electron chi connectivity index (χ1n) is 16.2. The average Bonchev–Trinajstić information content (AvgIpc) is 3.52. The van der Waals surface area contributed by atoms with Gasteiger partial charge < -0.3 is 65.0 Å². The topological polar surface area (TPSA) is 349 Å². The molecule has 1 fully saturated rings. The number of guanidine groups is 2. The van der Waals surface area contributed by atoms with Crippen LogP contribution in [0, 0.1) is 5.92 Å². The van der Waals surface area contributed by atoms with Crippen LogP contribution in [0.3, 0.4) is 0 Å². The molecule has 1 aliphatic heterocycles. The molecule has 0 spiro atoms. The highest BCUT2D eigenvalue weighted by molar-refractivity contribution is 5.96. The zero-order chi connectivity index (χ0) is 37.3. The Bertz CT molecular complexity index is 1210. The summed E-state index contributed by atoms with van der Waals surface area (Å²) in [5.74, 6) is -5.07. The molecule has 6 atom stereocenters. The first kappa shape index (κ1) is 42.3. The molecule has 5 amide bonds. The number of hydrogen-bond acceptors (Lipinski definition) is 10. The van der Waals surface area contributed by atoms with Crippen LogP contribution in [0.2, 0.25) is 0 Å². The SMILES string of the molecule is CC(C)C[C@H](N)C(=O)N[C@@H](CCCN=C(N)N)C(=O)N[C@@H](CCCN=C(N)N)C(=O)N[C@@H](C)C(=O)N[C@@H](CO)C(=O)N1CCC[C@H]1C(=O)O. The predicted octanol–water partition coefficient (Wildman–Crippen LogP) is -4.51. The van der Waals surface area contributed by atoms with E-state index in [1.54, 1.807) is 0 Å². The van der Waals surface area contributed by atoms with Crippen LogP contribution in [0.25, 0.3) is 0 Å². The Morgan fingerprint density at radius 1 is 0.776 bits per heavy atom. The molecule has 1 aliphatic rings. The van der Waals surface area contributed by atoms with Gasteiger partial charge in [-0.15, -0.1) is 0 Å². The Hall–Kier alpha value is -4.72. The molecule has 1 saturated heterocycles. The van der Waals surface area contributed by atoms with Crippen LogP contribution in [-0.4, -0.2) is 125 Å². The second-order valence-electron chi connectivity index (χ2n) is 12.3. The van der Waals surface area contributed by atoms with Gasteiger partial charge in [0.2, 0.25) is 29.5 Å². The van der Waals surface area contributed by atoms with Gasteiger partial charge in [0.05, 0.1) is 12.6 Å². The summed E-state index contributed by atoms with van der Waals surface area (Å²) in [6.45, 7) is 4.73. The number of rotatable bonds is 21. The molecular weight excluding hydrogens is 644 g/mol. The standard InChI is InChI=1S/C29H54N12O8/c1-15(2)13-17(30)23(44)38-19(8-5-11-36-29(33)34)25(46)39-18(7-4-10-35-28(31)32)24(45)37-16(3)22(43)40-20(14-42)26(47)41-12-6-9-21(41)27(48)49/h15-21,42H,4-14,30H2,1-3H3,(H,37,45)(H,38,44)(H,39,46)(H,40,43)(H,48,49)(H4,31,32,35)(H4,33,34,36)/t16-,17-,18-,19-,20-,21-/m0/s1. The van der Waals surface area contributed by atoms with Crippen molar-refractivity contribution in [1.82, 2.24) is 26.2 Å². The summed E-state index contributed by atoms with van der Waals surface area (Å²) in [4.78, 5) is 86.0. The van der Waals surface area contributed by atoms with Crippen molar-refractivity contribution in [3.63, 3.8) is 0 Å². The minimum Gasteiger partial charge on any atom is -0.480 e. The Morgan fingerprint density at radius 3 is 1.73 bits per heavy atom. The second-order valence-corrected chi connectivity index (χ2v) is 12.3. The van der Waals surface area contributed by atoms with Gasteiger partial charge in [-0.05, 0) is 57.8 Å². The number of hydrogen-bond donors (Lipinski definition) is 11. The summed E-state index contributed by atoms with van der Waals surface area (Å²) in [6, 6.07) is -7.03. The first-order valence-corrected chi connectivity index (χ1v) is 16.2. The van der Waals surface area contributed by atoms with Crippen molar-refractivity contribution in [2.24, 2.45) is 44.6 Å². The summed E-state index contributed by atoms with van der Waals surface area (Å²) in [6.07, 6.45) is 1.70. The summed E-state index contributed by atoms with van der Waals surface area (Å²) in [7, 11) is 0. The number of amides is 5. The number of aliphatic hydroxyl groups is 1. The van der Waals surface area contributed by atoms with Gasteiger partial charge in [0.25, 0.3) is 0 Å². The van der Waals surface area contributed by atoms with Gasteiger partial charge in [0, 0.05) is 19.6 Å². The summed E-state index contributed by atoms with van der Waals surface area (Å²) < 4.78 is 0. The monoisotopic (exact) mass is 698 g/mol. The highest BCUT2D eigenvalue weighted by Gasteiger charge is 2.38. The van der Waals surface area contributed by atoms with Crippen LogP contribution in [0.1, 0.15) is 65.7 Å². The fourth-order valence-electron chi connectivity index (χ4n) is 5.06. The van der Waals surface area contributed by atoms with Crippen LogP contribution < -0.4 is 49.9 Å². The van der Waals surface area contributed by atoms with E-state index in [1.165, 1.54) is 6.92 Å². The normalized spacial score (nSPS) is 17.1. The van der Waals surface area contributed by atoms with Crippen molar-refractivity contribution in [2.45, 2.75) is 102 Å². The Kier molecular flexibility index (Phi) is 18.4. The summed E-state index contributed by atoms with van der Waals surface area (Å²) in [5.41, 5.74) is 27.5. The third-order valence-corrected chi connectivity index (χ3v) is 7.59. The molecule has 278 valence electrons. The van der Waals surface area contributed by atoms with Crippen LogP contribution in [0.4, 0.5) is 0 Å². The van der Waals surface area contributed by atoms with Gasteiger partial charge in [0.15, 0.2) is 11.9 Å². The number of aliphatic carboxylic acids is 1. The lowest BCUT2D eigenvalue weighted by atomic mass is 10.0. The lowest BCUT2D eigenvalue weighted by Gasteiger charge is -2.28. The fourth-order valence-corrected chi connectivity index (χ4v) is 5.06. The van der Waals surface area contributed by atoms with E-state index in [2.05, 4.69) is 31.3 Å². The van der Waals surface area contributed by atoms with Crippen molar-refractivity contribution < 1.29 is 39.0 Å². The van der Waals surface area contributed by atoms with Crippen molar-refractivity contribution >= 4 is 47.4 Å². The molecule has 16 N–H and O–H groups in total. The van der Waals surface area contributed by atoms with E-state index in [-0.39, 0.29) is 63.2 Å². The van der Waals surface area contributed by atoms with E-state index < -0.39 is 78.4 Å². The smallest absolute Gasteiger partial charge is 0.326 e. The number of nitrogens with one attached hydrogen (secondary N) is 4. The number of aliphatic imine (C=N–C) groups is 2. The van der Waals surface area contributed by atoms with Crippen molar-refractivity contribution in [3.05, 3.63) is 0 Å². The fraction of sp³-hybridized carbons (Fsp3) is 0.724. The third-order valence-electron chi connectivity index (χ3n) is 7.59.